The van der Waals surface area contributed by atoms with E-state index in [4.69, 9.17) is 38.4 Å². The normalized spacial score (nSPS) is 10.3. The molecule has 0 saturated carbocycles. The first-order valence-electron chi connectivity index (χ1n) is 5.88. The minimum atomic E-state index is -0.946. The van der Waals surface area contributed by atoms with E-state index in [1.165, 1.54) is 6.08 Å². The van der Waals surface area contributed by atoms with E-state index in [2.05, 4.69) is 32.7 Å². The van der Waals surface area contributed by atoms with Crippen molar-refractivity contribution >= 4 is 51.1 Å². The summed E-state index contributed by atoms with van der Waals surface area (Å²) in [4.78, 5) is 11.6. The Labute approximate surface area is 144 Å². The lowest BCUT2D eigenvalue weighted by molar-refractivity contribution is 0.110. The molecule has 2 rings (SSSR count). The maximum atomic E-state index is 11.6. The number of carbonyl (C=O) groups is 1. The Morgan fingerprint density at radius 2 is 2.09 bits per heavy atom. The van der Waals surface area contributed by atoms with Crippen LogP contribution in [0.2, 0.25) is 10.0 Å². The van der Waals surface area contributed by atoms with E-state index in [1.54, 1.807) is 12.1 Å². The molecular weight excluding hydrogens is 397 g/mol. The van der Waals surface area contributed by atoms with Gasteiger partial charge in [-0.25, -0.2) is 4.79 Å². The second-order valence-electron chi connectivity index (χ2n) is 4.01. The molecule has 0 aliphatic carbocycles. The van der Waals surface area contributed by atoms with Gasteiger partial charge in [-0.2, -0.15) is 5.10 Å². The fourth-order valence-corrected chi connectivity index (χ4v) is 3.01. The Morgan fingerprint density at radius 1 is 1.45 bits per heavy atom. The molecule has 0 spiro atoms. The summed E-state index contributed by atoms with van der Waals surface area (Å²) in [5.41, 5.74) is 6.30. The lowest BCUT2D eigenvalue weighted by Crippen LogP contribution is -2.11. The van der Waals surface area contributed by atoms with Crippen LogP contribution >= 0.6 is 39.1 Å². The second-order valence-corrected chi connectivity index (χ2v) is 5.74. The molecule has 0 atom stereocenters. The topological polar surface area (TPSA) is 90.2 Å². The number of ether oxygens (including phenoxy) is 2. The number of nitrogens with two attached hydrogens (primary N) is 1. The van der Waals surface area contributed by atoms with Crippen LogP contribution in [0.25, 0.3) is 11.3 Å². The van der Waals surface area contributed by atoms with Gasteiger partial charge in [0.1, 0.15) is 12.3 Å². The van der Waals surface area contributed by atoms with Gasteiger partial charge in [0.05, 0.1) is 10.0 Å². The largest absolute Gasteiger partial charge is 0.514 e. The van der Waals surface area contributed by atoms with E-state index >= 15 is 0 Å². The van der Waals surface area contributed by atoms with Crippen LogP contribution in [-0.4, -0.2) is 23.0 Å². The third-order valence-electron chi connectivity index (χ3n) is 2.50. The van der Waals surface area contributed by atoms with Crippen molar-refractivity contribution in [2.24, 2.45) is 0 Å². The Kier molecular flexibility index (Phi) is 5.33. The lowest BCUT2D eigenvalue weighted by atomic mass is 10.1. The summed E-state index contributed by atoms with van der Waals surface area (Å²) in [6.45, 7) is 3.43. The molecular formula is C13H10BrCl2N3O3. The molecule has 1 aromatic carbocycles. The zero-order valence-electron chi connectivity index (χ0n) is 11.0. The highest BCUT2D eigenvalue weighted by Crippen LogP contribution is 2.42. The number of hydrogen-bond acceptors (Lipinski definition) is 5. The Bertz CT molecular complexity index is 710. The van der Waals surface area contributed by atoms with Gasteiger partial charge in [-0.1, -0.05) is 51.8 Å². The predicted octanol–water partition coefficient (Wildman–Crippen LogP) is 4.43. The van der Waals surface area contributed by atoms with Crippen LogP contribution in [0.3, 0.4) is 0 Å². The van der Waals surface area contributed by atoms with Gasteiger partial charge >= 0.3 is 6.16 Å². The van der Waals surface area contributed by atoms with Crippen molar-refractivity contribution in [3.63, 3.8) is 0 Å². The third-order valence-corrected chi connectivity index (χ3v) is 3.55. The van der Waals surface area contributed by atoms with Gasteiger partial charge in [0.15, 0.2) is 5.82 Å². The van der Waals surface area contributed by atoms with Crippen molar-refractivity contribution in [3.8, 4) is 17.0 Å². The average Bonchev–Trinajstić information content (AvgIpc) is 2.77. The number of aromatic nitrogens is 2. The van der Waals surface area contributed by atoms with E-state index in [0.717, 1.165) is 0 Å². The lowest BCUT2D eigenvalue weighted by Gasteiger charge is -2.08. The number of benzene rings is 1. The number of halogens is 3. The van der Waals surface area contributed by atoms with Crippen molar-refractivity contribution in [3.05, 3.63) is 39.3 Å². The Balaban J connectivity index is 2.42. The number of rotatable bonds is 4. The highest BCUT2D eigenvalue weighted by atomic mass is 79.9. The predicted molar refractivity (Wildman–Crippen MR) is 88.3 cm³/mol. The van der Waals surface area contributed by atoms with E-state index in [0.29, 0.717) is 20.1 Å². The van der Waals surface area contributed by atoms with Crippen molar-refractivity contribution < 1.29 is 14.3 Å². The molecule has 6 nitrogen and oxygen atoms in total. The number of aromatic amines is 1. The van der Waals surface area contributed by atoms with Crippen LogP contribution in [0, 0.1) is 0 Å². The molecule has 0 radical (unpaired) electrons. The highest BCUT2D eigenvalue weighted by Gasteiger charge is 2.23. The summed E-state index contributed by atoms with van der Waals surface area (Å²) >= 11 is 15.6. The van der Waals surface area contributed by atoms with Crippen LogP contribution < -0.4 is 10.5 Å². The van der Waals surface area contributed by atoms with Crippen LogP contribution in [0.5, 0.6) is 5.75 Å². The smallest absolute Gasteiger partial charge is 0.430 e. The molecule has 1 aromatic heterocycles. The minimum Gasteiger partial charge on any atom is -0.430 e. The molecule has 0 amide bonds. The summed E-state index contributed by atoms with van der Waals surface area (Å²) < 4.78 is 10.5. The molecule has 0 aliphatic rings. The number of hydrogen-bond donors (Lipinski definition) is 2. The first-order chi connectivity index (χ1) is 10.4. The van der Waals surface area contributed by atoms with E-state index < -0.39 is 6.16 Å². The van der Waals surface area contributed by atoms with E-state index in [1.807, 2.05) is 0 Å². The Morgan fingerprint density at radius 3 is 2.68 bits per heavy atom. The van der Waals surface area contributed by atoms with Gasteiger partial charge < -0.3 is 15.2 Å². The first-order valence-corrected chi connectivity index (χ1v) is 7.43. The number of H-pyrrole nitrogens is 1. The quantitative estimate of drug-likeness (QED) is 0.578. The molecule has 0 bridgehead atoms. The number of carbonyl (C=O) groups excluding carboxylic acids is 1. The average molecular weight is 407 g/mol. The van der Waals surface area contributed by atoms with Crippen LogP contribution in [0.4, 0.5) is 10.6 Å². The summed E-state index contributed by atoms with van der Waals surface area (Å²) in [6, 6.07) is 3.26. The van der Waals surface area contributed by atoms with E-state index in [-0.39, 0.29) is 23.9 Å². The highest BCUT2D eigenvalue weighted by molar-refractivity contribution is 9.10. The summed E-state index contributed by atoms with van der Waals surface area (Å²) in [5, 5.41) is 7.13. The van der Waals surface area contributed by atoms with Crippen molar-refractivity contribution in [1.29, 1.82) is 0 Å². The molecule has 2 aromatic rings. The van der Waals surface area contributed by atoms with Gasteiger partial charge in [0, 0.05) is 10.0 Å². The van der Waals surface area contributed by atoms with Crippen molar-refractivity contribution in [2.75, 3.05) is 12.3 Å². The number of nitrogens with zero attached hydrogens (tertiary/aromatic N) is 1. The van der Waals surface area contributed by atoms with Gasteiger partial charge in [-0.15, -0.1) is 0 Å². The van der Waals surface area contributed by atoms with Gasteiger partial charge in [-0.05, 0) is 12.1 Å². The molecule has 1 heterocycles. The summed E-state index contributed by atoms with van der Waals surface area (Å²) in [7, 11) is 0. The second kappa shape index (κ2) is 7.04. The zero-order valence-corrected chi connectivity index (χ0v) is 14.1. The van der Waals surface area contributed by atoms with Crippen LogP contribution in [-0.2, 0) is 4.74 Å². The minimum absolute atomic E-state index is 0.00567. The van der Waals surface area contributed by atoms with Crippen molar-refractivity contribution in [2.45, 2.75) is 0 Å². The zero-order chi connectivity index (χ0) is 16.3. The standard InChI is InChI=1S/C13H10BrCl2N3O3/c1-2-3-21-13(20)22-11-10(18-19-12(11)17)9-7(15)4-6(14)5-8(9)16/h2,4-5H,1,3H2,(H3,17,18,19). The fourth-order valence-electron chi connectivity index (χ4n) is 1.63. The monoisotopic (exact) mass is 405 g/mol. The van der Waals surface area contributed by atoms with Crippen LogP contribution in [0.1, 0.15) is 0 Å². The molecule has 3 N–H and O–H groups in total. The van der Waals surface area contributed by atoms with Crippen LogP contribution in [0.15, 0.2) is 29.3 Å². The SMILES string of the molecule is C=CCOC(=O)Oc1c(-c2c(Cl)cc(Br)cc2Cl)n[nH]c1N. The van der Waals surface area contributed by atoms with E-state index in [9.17, 15) is 4.79 Å². The number of nitrogens with one attached hydrogen (secondary N) is 1. The van der Waals surface area contributed by atoms with Crippen molar-refractivity contribution in [1.82, 2.24) is 10.2 Å². The molecule has 0 saturated heterocycles. The maximum absolute atomic E-state index is 11.6. The molecule has 0 aliphatic heterocycles. The third kappa shape index (κ3) is 3.55. The molecule has 9 heteroatoms. The first kappa shape index (κ1) is 16.7. The van der Waals surface area contributed by atoms with Gasteiger partial charge in [-0.3, -0.25) is 5.10 Å². The molecule has 0 fully saturated rings. The molecule has 116 valence electrons. The fraction of sp³-hybridized carbons (Fsp3) is 0.0769. The van der Waals surface area contributed by atoms with Gasteiger partial charge in [0.25, 0.3) is 0 Å². The molecule has 22 heavy (non-hydrogen) atoms. The summed E-state index contributed by atoms with van der Waals surface area (Å²) in [5.74, 6) is 0.0285. The number of anilines is 1. The molecule has 0 unspecified atom stereocenters. The maximum Gasteiger partial charge on any atom is 0.514 e. The summed E-state index contributed by atoms with van der Waals surface area (Å²) in [6.07, 6.45) is 0.460. The van der Waals surface area contributed by atoms with Gasteiger partial charge in [0.2, 0.25) is 5.75 Å². The Hall–Kier alpha value is -1.70. The number of nitrogen functional groups attached to an aromatic ring is 1.